The topological polar surface area (TPSA) is 17.8 Å². The Morgan fingerprint density at radius 2 is 2.00 bits per heavy atom. The number of hydrogen-bond donors (Lipinski definition) is 0. The van der Waals surface area contributed by atoms with Gasteiger partial charge in [-0.25, -0.2) is 0 Å². The molecule has 0 radical (unpaired) electrons. The molecule has 0 fully saturated rings. The molecule has 0 atom stereocenters. The summed E-state index contributed by atoms with van der Waals surface area (Å²) >= 11 is 6.22. The summed E-state index contributed by atoms with van der Waals surface area (Å²) in [5.74, 6) is 0. The standard InChI is InChI=1S/C12H13ClN2/c1-8-4-5-10(11(13)6-8)12-9(2)7-14-15(12)3/h4-7H,1-3H3. The van der Waals surface area contributed by atoms with Crippen LogP contribution in [-0.2, 0) is 7.05 Å². The number of hydrogen-bond acceptors (Lipinski definition) is 1. The number of benzene rings is 1. The molecule has 0 amide bonds. The molecule has 2 aromatic rings. The fourth-order valence-corrected chi connectivity index (χ4v) is 2.07. The number of halogens is 1. The maximum atomic E-state index is 6.22. The second-order valence-corrected chi connectivity index (χ2v) is 4.19. The molecule has 0 bridgehead atoms. The first-order valence-corrected chi connectivity index (χ1v) is 5.22. The predicted molar refractivity (Wildman–Crippen MR) is 63.1 cm³/mol. The summed E-state index contributed by atoms with van der Waals surface area (Å²) in [4.78, 5) is 0. The molecule has 0 aliphatic rings. The highest BCUT2D eigenvalue weighted by atomic mass is 35.5. The first kappa shape index (κ1) is 10.2. The Kier molecular flexibility index (Phi) is 2.53. The largest absolute Gasteiger partial charge is 0.268 e. The summed E-state index contributed by atoms with van der Waals surface area (Å²) in [6.45, 7) is 4.07. The second-order valence-electron chi connectivity index (χ2n) is 3.78. The van der Waals surface area contributed by atoms with Crippen LogP contribution < -0.4 is 0 Å². The molecule has 0 aliphatic carbocycles. The van der Waals surface area contributed by atoms with E-state index in [0.29, 0.717) is 0 Å². The third-order valence-electron chi connectivity index (χ3n) is 2.50. The van der Waals surface area contributed by atoms with Gasteiger partial charge in [-0.15, -0.1) is 0 Å². The van der Waals surface area contributed by atoms with Crippen molar-refractivity contribution in [3.8, 4) is 11.3 Å². The van der Waals surface area contributed by atoms with Crippen LogP contribution in [0.15, 0.2) is 24.4 Å². The van der Waals surface area contributed by atoms with Gasteiger partial charge in [-0.05, 0) is 31.0 Å². The van der Waals surface area contributed by atoms with Crippen molar-refractivity contribution in [1.29, 1.82) is 0 Å². The van der Waals surface area contributed by atoms with Gasteiger partial charge in [-0.2, -0.15) is 5.10 Å². The lowest BCUT2D eigenvalue weighted by Gasteiger charge is -2.07. The number of aryl methyl sites for hydroxylation is 3. The maximum absolute atomic E-state index is 6.22. The zero-order chi connectivity index (χ0) is 11.0. The van der Waals surface area contributed by atoms with Crippen LogP contribution in [0.1, 0.15) is 11.1 Å². The van der Waals surface area contributed by atoms with Gasteiger partial charge in [0.15, 0.2) is 0 Å². The Labute approximate surface area is 94.5 Å². The molecule has 1 heterocycles. The Morgan fingerprint density at radius 1 is 1.27 bits per heavy atom. The van der Waals surface area contributed by atoms with Crippen molar-refractivity contribution in [3.05, 3.63) is 40.5 Å². The molecular formula is C12H13ClN2. The van der Waals surface area contributed by atoms with E-state index >= 15 is 0 Å². The molecule has 0 unspecified atom stereocenters. The van der Waals surface area contributed by atoms with E-state index in [-0.39, 0.29) is 0 Å². The van der Waals surface area contributed by atoms with Gasteiger partial charge in [0.25, 0.3) is 0 Å². The lowest BCUT2D eigenvalue weighted by molar-refractivity contribution is 0.775. The number of aromatic nitrogens is 2. The maximum Gasteiger partial charge on any atom is 0.0723 e. The Morgan fingerprint density at radius 3 is 2.53 bits per heavy atom. The first-order valence-electron chi connectivity index (χ1n) is 4.84. The van der Waals surface area contributed by atoms with Crippen LogP contribution in [0, 0.1) is 13.8 Å². The van der Waals surface area contributed by atoms with Gasteiger partial charge >= 0.3 is 0 Å². The third kappa shape index (κ3) is 1.77. The van der Waals surface area contributed by atoms with E-state index in [4.69, 9.17) is 11.6 Å². The number of nitrogens with zero attached hydrogens (tertiary/aromatic N) is 2. The minimum Gasteiger partial charge on any atom is -0.268 e. The van der Waals surface area contributed by atoms with Crippen LogP contribution in [0.2, 0.25) is 5.02 Å². The van der Waals surface area contributed by atoms with Gasteiger partial charge in [0.1, 0.15) is 0 Å². The molecule has 1 aromatic carbocycles. The van der Waals surface area contributed by atoms with Crippen molar-refractivity contribution in [1.82, 2.24) is 9.78 Å². The molecule has 15 heavy (non-hydrogen) atoms. The number of rotatable bonds is 1. The lowest BCUT2D eigenvalue weighted by atomic mass is 10.1. The minimum absolute atomic E-state index is 0.779. The van der Waals surface area contributed by atoms with Gasteiger partial charge in [-0.1, -0.05) is 23.7 Å². The fourth-order valence-electron chi connectivity index (χ4n) is 1.75. The van der Waals surface area contributed by atoms with E-state index in [0.717, 1.165) is 21.8 Å². The molecule has 2 nitrogen and oxygen atoms in total. The van der Waals surface area contributed by atoms with Crippen molar-refractivity contribution >= 4 is 11.6 Å². The molecule has 2 rings (SSSR count). The smallest absolute Gasteiger partial charge is 0.0723 e. The predicted octanol–water partition coefficient (Wildman–Crippen LogP) is 3.36. The van der Waals surface area contributed by atoms with Crippen molar-refractivity contribution in [2.75, 3.05) is 0 Å². The average Bonchev–Trinajstić information content (AvgIpc) is 2.48. The zero-order valence-corrected chi connectivity index (χ0v) is 9.84. The molecule has 0 spiro atoms. The highest BCUT2D eigenvalue weighted by molar-refractivity contribution is 6.33. The van der Waals surface area contributed by atoms with Crippen LogP contribution in [0.4, 0.5) is 0 Å². The average molecular weight is 221 g/mol. The van der Waals surface area contributed by atoms with Crippen LogP contribution in [0.5, 0.6) is 0 Å². The Hall–Kier alpha value is -1.28. The van der Waals surface area contributed by atoms with Gasteiger partial charge in [0.2, 0.25) is 0 Å². The van der Waals surface area contributed by atoms with Crippen LogP contribution in [0.3, 0.4) is 0 Å². The second kappa shape index (κ2) is 3.70. The van der Waals surface area contributed by atoms with E-state index in [1.807, 2.05) is 43.9 Å². The molecule has 0 aliphatic heterocycles. The van der Waals surface area contributed by atoms with Crippen molar-refractivity contribution in [3.63, 3.8) is 0 Å². The summed E-state index contributed by atoms with van der Waals surface area (Å²) in [6.07, 6.45) is 1.85. The SMILES string of the molecule is Cc1ccc(-c2c(C)cnn2C)c(Cl)c1. The van der Waals surface area contributed by atoms with Crippen molar-refractivity contribution in [2.45, 2.75) is 13.8 Å². The van der Waals surface area contributed by atoms with Crippen molar-refractivity contribution in [2.24, 2.45) is 7.05 Å². The summed E-state index contributed by atoms with van der Waals surface area (Å²) < 4.78 is 1.85. The molecule has 0 N–H and O–H groups in total. The zero-order valence-electron chi connectivity index (χ0n) is 9.08. The quantitative estimate of drug-likeness (QED) is 0.721. The van der Waals surface area contributed by atoms with Crippen LogP contribution >= 0.6 is 11.6 Å². The molecule has 1 aromatic heterocycles. The summed E-state index contributed by atoms with van der Waals surface area (Å²) in [5.41, 5.74) is 4.44. The van der Waals surface area contributed by atoms with E-state index in [9.17, 15) is 0 Å². The molecule has 0 saturated carbocycles. The molecule has 3 heteroatoms. The van der Waals surface area contributed by atoms with Gasteiger partial charge in [-0.3, -0.25) is 4.68 Å². The van der Waals surface area contributed by atoms with Gasteiger partial charge in [0, 0.05) is 12.6 Å². The lowest BCUT2D eigenvalue weighted by Crippen LogP contribution is -1.95. The molecule has 0 saturated heterocycles. The van der Waals surface area contributed by atoms with Crippen LogP contribution in [0.25, 0.3) is 11.3 Å². The molecular weight excluding hydrogens is 208 g/mol. The van der Waals surface area contributed by atoms with Crippen LogP contribution in [-0.4, -0.2) is 9.78 Å². The Bertz CT molecular complexity index is 481. The summed E-state index contributed by atoms with van der Waals surface area (Å²) in [6, 6.07) is 6.08. The van der Waals surface area contributed by atoms with E-state index in [1.165, 1.54) is 5.56 Å². The van der Waals surface area contributed by atoms with E-state index in [2.05, 4.69) is 11.2 Å². The third-order valence-corrected chi connectivity index (χ3v) is 2.81. The Balaban J connectivity index is 2.64. The van der Waals surface area contributed by atoms with Gasteiger partial charge in [0.05, 0.1) is 16.9 Å². The summed E-state index contributed by atoms with van der Waals surface area (Å²) in [5, 5.41) is 4.99. The minimum atomic E-state index is 0.779. The first-order chi connectivity index (χ1) is 7.09. The van der Waals surface area contributed by atoms with Crippen molar-refractivity contribution < 1.29 is 0 Å². The van der Waals surface area contributed by atoms with Gasteiger partial charge < -0.3 is 0 Å². The fraction of sp³-hybridized carbons (Fsp3) is 0.250. The van der Waals surface area contributed by atoms with E-state index in [1.54, 1.807) is 0 Å². The molecule has 78 valence electrons. The summed E-state index contributed by atoms with van der Waals surface area (Å²) in [7, 11) is 1.93. The normalized spacial score (nSPS) is 10.7. The highest BCUT2D eigenvalue weighted by Crippen LogP contribution is 2.30. The highest BCUT2D eigenvalue weighted by Gasteiger charge is 2.10. The van der Waals surface area contributed by atoms with E-state index < -0.39 is 0 Å². The monoisotopic (exact) mass is 220 g/mol.